The number of rotatable bonds is 3. The summed E-state index contributed by atoms with van der Waals surface area (Å²) in [4.78, 5) is 23.1. The summed E-state index contributed by atoms with van der Waals surface area (Å²) in [6.45, 7) is 1.98. The van der Waals surface area contributed by atoms with Gasteiger partial charge in [-0.05, 0) is 19.3 Å². The van der Waals surface area contributed by atoms with E-state index in [0.29, 0.717) is 6.42 Å². The molecule has 1 fully saturated rings. The molecule has 0 unspecified atom stereocenters. The molecular formula is C11H13BrO4. The highest BCUT2D eigenvalue weighted by atomic mass is 79.9. The second-order valence-electron chi connectivity index (χ2n) is 4.20. The third-order valence-corrected chi connectivity index (χ3v) is 4.80. The van der Waals surface area contributed by atoms with Gasteiger partial charge in [-0.15, -0.1) is 0 Å². The summed E-state index contributed by atoms with van der Waals surface area (Å²) in [5.74, 6) is -2.26. The second-order valence-corrected chi connectivity index (χ2v) is 5.51. The molecule has 0 aromatic rings. The Morgan fingerprint density at radius 3 is 2.81 bits per heavy atom. The number of carbonyl (C=O) groups excluding carboxylic acids is 1. The lowest BCUT2D eigenvalue weighted by Gasteiger charge is -2.31. The zero-order valence-electron chi connectivity index (χ0n) is 8.85. The first-order valence-corrected chi connectivity index (χ1v) is 6.08. The third-order valence-electron chi connectivity index (χ3n) is 3.39. The van der Waals surface area contributed by atoms with Gasteiger partial charge < -0.3 is 9.84 Å². The van der Waals surface area contributed by atoms with E-state index in [1.165, 1.54) is 0 Å². The Morgan fingerprint density at radius 2 is 2.25 bits per heavy atom. The number of carboxylic acids is 1. The van der Waals surface area contributed by atoms with Crippen molar-refractivity contribution in [3.8, 4) is 0 Å². The zero-order valence-corrected chi connectivity index (χ0v) is 10.4. The van der Waals surface area contributed by atoms with Crippen LogP contribution in [0, 0.1) is 17.8 Å². The third kappa shape index (κ3) is 1.41. The van der Waals surface area contributed by atoms with Gasteiger partial charge >= 0.3 is 11.9 Å². The molecule has 0 aromatic carbocycles. The van der Waals surface area contributed by atoms with Crippen LogP contribution in [0.1, 0.15) is 13.3 Å². The molecule has 0 aromatic heterocycles. The SMILES string of the molecule is CCOC(=O)[C@@]1(Br)[C@H]2C=C[C@@H](C2)[C@@H]1C(=O)O. The van der Waals surface area contributed by atoms with Crippen molar-refractivity contribution in [2.24, 2.45) is 17.8 Å². The van der Waals surface area contributed by atoms with Crippen molar-refractivity contribution < 1.29 is 19.4 Å². The molecule has 0 heterocycles. The first kappa shape index (κ1) is 11.6. The van der Waals surface area contributed by atoms with E-state index in [2.05, 4.69) is 15.9 Å². The van der Waals surface area contributed by atoms with Gasteiger partial charge in [0.15, 0.2) is 0 Å². The molecular weight excluding hydrogens is 276 g/mol. The highest BCUT2D eigenvalue weighted by Gasteiger charge is 2.63. The maximum atomic E-state index is 11.9. The van der Waals surface area contributed by atoms with Gasteiger partial charge in [-0.3, -0.25) is 9.59 Å². The molecule has 16 heavy (non-hydrogen) atoms. The normalized spacial score (nSPS) is 40.0. The predicted molar refractivity (Wildman–Crippen MR) is 60.2 cm³/mol. The monoisotopic (exact) mass is 288 g/mol. The first-order valence-electron chi connectivity index (χ1n) is 5.29. The molecule has 0 aliphatic heterocycles. The number of hydrogen-bond donors (Lipinski definition) is 1. The first-order chi connectivity index (χ1) is 7.51. The van der Waals surface area contributed by atoms with Crippen molar-refractivity contribution in [1.82, 2.24) is 0 Å². The van der Waals surface area contributed by atoms with Crippen LogP contribution in [0.4, 0.5) is 0 Å². The maximum Gasteiger partial charge on any atom is 0.324 e. The Balaban J connectivity index is 2.34. The number of carboxylic acid groups (broad SMARTS) is 1. The van der Waals surface area contributed by atoms with E-state index in [4.69, 9.17) is 4.74 Å². The van der Waals surface area contributed by atoms with Crippen molar-refractivity contribution in [2.45, 2.75) is 17.7 Å². The minimum absolute atomic E-state index is 0.0636. The van der Waals surface area contributed by atoms with Crippen LogP contribution in [0.25, 0.3) is 0 Å². The molecule has 0 spiro atoms. The van der Waals surface area contributed by atoms with Gasteiger partial charge in [0.05, 0.1) is 12.5 Å². The highest BCUT2D eigenvalue weighted by Crippen LogP contribution is 2.55. The molecule has 0 amide bonds. The molecule has 4 nitrogen and oxygen atoms in total. The molecule has 2 aliphatic carbocycles. The molecule has 2 aliphatic rings. The van der Waals surface area contributed by atoms with Crippen molar-refractivity contribution in [2.75, 3.05) is 6.61 Å². The largest absolute Gasteiger partial charge is 0.481 e. The van der Waals surface area contributed by atoms with Crippen LogP contribution in [-0.2, 0) is 14.3 Å². The lowest BCUT2D eigenvalue weighted by atomic mass is 9.83. The fourth-order valence-corrected chi connectivity index (χ4v) is 3.70. The Kier molecular flexibility index (Phi) is 2.82. The fourth-order valence-electron chi connectivity index (χ4n) is 2.71. The number of carbonyl (C=O) groups is 2. The minimum atomic E-state index is -1.08. The van der Waals surface area contributed by atoms with E-state index >= 15 is 0 Å². The lowest BCUT2D eigenvalue weighted by molar-refractivity contribution is -0.155. The van der Waals surface area contributed by atoms with Gasteiger partial charge in [-0.2, -0.15) is 0 Å². The van der Waals surface area contributed by atoms with Crippen LogP contribution >= 0.6 is 15.9 Å². The standard InChI is InChI=1S/C11H13BrO4/c1-2-16-10(15)11(12)7-4-3-6(5-7)8(11)9(13)14/h3-4,6-8H,2,5H2,1H3,(H,13,14)/t6-,7-,8+,11+/m0/s1. The van der Waals surface area contributed by atoms with Crippen molar-refractivity contribution in [3.63, 3.8) is 0 Å². The van der Waals surface area contributed by atoms with Gasteiger partial charge in [0.25, 0.3) is 0 Å². The van der Waals surface area contributed by atoms with Crippen molar-refractivity contribution in [1.29, 1.82) is 0 Å². The molecule has 1 N–H and O–H groups in total. The van der Waals surface area contributed by atoms with Gasteiger partial charge in [-0.25, -0.2) is 0 Å². The Morgan fingerprint density at radius 1 is 1.56 bits per heavy atom. The van der Waals surface area contributed by atoms with Crippen LogP contribution in [0.3, 0.4) is 0 Å². The summed E-state index contributed by atoms with van der Waals surface area (Å²) in [6.07, 6.45) is 4.51. The number of halogens is 1. The lowest BCUT2D eigenvalue weighted by Crippen LogP contribution is -2.47. The topological polar surface area (TPSA) is 63.6 Å². The molecule has 0 saturated heterocycles. The number of fused-ring (bicyclic) bond motifs is 2. The van der Waals surface area contributed by atoms with Crippen LogP contribution in [0.2, 0.25) is 0 Å². The smallest absolute Gasteiger partial charge is 0.324 e. The van der Waals surface area contributed by atoms with Gasteiger partial charge in [0, 0.05) is 5.92 Å². The molecule has 2 bridgehead atoms. The number of alkyl halides is 1. The number of hydrogen-bond acceptors (Lipinski definition) is 3. The van der Waals surface area contributed by atoms with E-state index in [0.717, 1.165) is 0 Å². The van der Waals surface area contributed by atoms with Gasteiger partial charge in [0.1, 0.15) is 4.32 Å². The van der Waals surface area contributed by atoms with Crippen LogP contribution in [-0.4, -0.2) is 28.0 Å². The van der Waals surface area contributed by atoms with Crippen LogP contribution in [0.15, 0.2) is 12.2 Å². The van der Waals surface area contributed by atoms with Gasteiger partial charge in [0.2, 0.25) is 0 Å². The van der Waals surface area contributed by atoms with Crippen molar-refractivity contribution in [3.05, 3.63) is 12.2 Å². The number of ether oxygens (including phenoxy) is 1. The minimum Gasteiger partial charge on any atom is -0.481 e. The average Bonchev–Trinajstić information content (AvgIpc) is 2.76. The van der Waals surface area contributed by atoms with E-state index in [1.54, 1.807) is 6.92 Å². The second kappa shape index (κ2) is 3.87. The molecule has 1 saturated carbocycles. The summed E-state index contributed by atoms with van der Waals surface area (Å²) in [5, 5.41) is 9.22. The number of aliphatic carboxylic acids is 1. The predicted octanol–water partition coefficient (Wildman–Crippen LogP) is 1.59. The number of allylic oxidation sites excluding steroid dienone is 2. The summed E-state index contributed by atoms with van der Waals surface area (Å²) in [5.41, 5.74) is 0. The van der Waals surface area contributed by atoms with Crippen LogP contribution < -0.4 is 0 Å². The number of esters is 1. The zero-order chi connectivity index (χ0) is 11.9. The average molecular weight is 289 g/mol. The molecule has 5 heteroatoms. The Labute approximate surface area is 102 Å². The fraction of sp³-hybridized carbons (Fsp3) is 0.636. The summed E-state index contributed by atoms with van der Waals surface area (Å²) < 4.78 is 3.90. The summed E-state index contributed by atoms with van der Waals surface area (Å²) in [6, 6.07) is 0. The maximum absolute atomic E-state index is 11.9. The van der Waals surface area contributed by atoms with E-state index in [1.807, 2.05) is 12.2 Å². The molecule has 88 valence electrons. The Hall–Kier alpha value is -0.840. The van der Waals surface area contributed by atoms with Gasteiger partial charge in [-0.1, -0.05) is 28.1 Å². The van der Waals surface area contributed by atoms with E-state index < -0.39 is 22.2 Å². The molecule has 4 atom stereocenters. The summed E-state index contributed by atoms with van der Waals surface area (Å²) in [7, 11) is 0. The quantitative estimate of drug-likeness (QED) is 0.487. The molecule has 0 radical (unpaired) electrons. The summed E-state index contributed by atoms with van der Waals surface area (Å²) >= 11 is 3.33. The van der Waals surface area contributed by atoms with E-state index in [9.17, 15) is 14.7 Å². The van der Waals surface area contributed by atoms with Crippen LogP contribution in [0.5, 0.6) is 0 Å². The van der Waals surface area contributed by atoms with Crippen molar-refractivity contribution >= 4 is 27.9 Å². The molecule has 2 rings (SSSR count). The highest BCUT2D eigenvalue weighted by molar-refractivity contribution is 9.10. The van der Waals surface area contributed by atoms with E-state index in [-0.39, 0.29) is 18.4 Å². The Bertz CT molecular complexity index is 365.